The Bertz CT molecular complexity index is 1010. The van der Waals surface area contributed by atoms with Gasteiger partial charge in [0.05, 0.1) is 22.3 Å². The largest absolute Gasteiger partial charge is 0.494 e. The number of ether oxygens (including phenoxy) is 1. The van der Waals surface area contributed by atoms with Crippen molar-refractivity contribution in [2.75, 3.05) is 19.7 Å². The van der Waals surface area contributed by atoms with Gasteiger partial charge in [0.1, 0.15) is 5.75 Å². The average Bonchev–Trinajstić information content (AvgIpc) is 3.41. The van der Waals surface area contributed by atoms with Gasteiger partial charge < -0.3 is 9.15 Å². The summed E-state index contributed by atoms with van der Waals surface area (Å²) in [7, 11) is -3.58. The van der Waals surface area contributed by atoms with Crippen LogP contribution in [0.2, 0.25) is 0 Å². The lowest BCUT2D eigenvalue weighted by Crippen LogP contribution is -2.39. The summed E-state index contributed by atoms with van der Waals surface area (Å²) >= 11 is 1.53. The second kappa shape index (κ2) is 8.02. The van der Waals surface area contributed by atoms with Crippen molar-refractivity contribution in [1.82, 2.24) is 14.5 Å². The standard InChI is InChI=1S/C19H21N3O4S2/c1-2-25-15-7-9-16(10-8-15)28(23,24)22-11-3-5-14(13-22)18-20-21-19(26-18)17-6-4-12-27-17/h4,6-10,12,14H,2-3,5,11,13H2,1H3/t14-/m0/s1. The minimum atomic E-state index is -3.58. The number of thiophene rings is 1. The quantitative estimate of drug-likeness (QED) is 0.605. The van der Waals surface area contributed by atoms with Gasteiger partial charge in [0.25, 0.3) is 5.89 Å². The van der Waals surface area contributed by atoms with Gasteiger partial charge in [0.15, 0.2) is 0 Å². The third-order valence-corrected chi connectivity index (χ3v) is 7.42. The van der Waals surface area contributed by atoms with E-state index in [0.29, 0.717) is 37.2 Å². The lowest BCUT2D eigenvalue weighted by Gasteiger charge is -2.30. The van der Waals surface area contributed by atoms with Crippen LogP contribution in [0.3, 0.4) is 0 Å². The van der Waals surface area contributed by atoms with Crippen LogP contribution in [0.4, 0.5) is 0 Å². The monoisotopic (exact) mass is 419 g/mol. The molecule has 9 heteroatoms. The smallest absolute Gasteiger partial charge is 0.257 e. The summed E-state index contributed by atoms with van der Waals surface area (Å²) in [4.78, 5) is 1.18. The molecule has 0 N–H and O–H groups in total. The molecule has 0 unspecified atom stereocenters. The predicted octanol–water partition coefficient (Wildman–Crippen LogP) is 3.77. The van der Waals surface area contributed by atoms with Crippen LogP contribution in [-0.4, -0.2) is 42.6 Å². The topological polar surface area (TPSA) is 85.5 Å². The second-order valence-electron chi connectivity index (χ2n) is 6.53. The van der Waals surface area contributed by atoms with Gasteiger partial charge in [-0.15, -0.1) is 21.5 Å². The van der Waals surface area contributed by atoms with Gasteiger partial charge in [0.2, 0.25) is 15.9 Å². The van der Waals surface area contributed by atoms with E-state index in [9.17, 15) is 8.42 Å². The highest BCUT2D eigenvalue weighted by molar-refractivity contribution is 7.89. The first kappa shape index (κ1) is 19.1. The Balaban J connectivity index is 1.51. The van der Waals surface area contributed by atoms with E-state index < -0.39 is 10.0 Å². The number of nitrogens with zero attached hydrogens (tertiary/aromatic N) is 3. The van der Waals surface area contributed by atoms with Gasteiger partial charge in [-0.1, -0.05) is 6.07 Å². The molecular formula is C19H21N3O4S2. The molecule has 1 fully saturated rings. The molecule has 7 nitrogen and oxygen atoms in total. The maximum atomic E-state index is 13.0. The van der Waals surface area contributed by atoms with Crippen LogP contribution in [0.1, 0.15) is 31.6 Å². The fourth-order valence-corrected chi connectivity index (χ4v) is 5.45. The molecule has 0 radical (unpaired) electrons. The van der Waals surface area contributed by atoms with E-state index in [1.807, 2.05) is 24.4 Å². The fourth-order valence-electron chi connectivity index (χ4n) is 3.29. The van der Waals surface area contributed by atoms with Gasteiger partial charge in [-0.05, 0) is 55.5 Å². The molecule has 0 aliphatic carbocycles. The van der Waals surface area contributed by atoms with Crippen LogP contribution in [0.15, 0.2) is 51.1 Å². The lowest BCUT2D eigenvalue weighted by atomic mass is 10.00. The maximum absolute atomic E-state index is 13.0. The van der Waals surface area contributed by atoms with Crippen molar-refractivity contribution in [2.45, 2.75) is 30.6 Å². The van der Waals surface area contributed by atoms with Crippen molar-refractivity contribution in [3.63, 3.8) is 0 Å². The summed E-state index contributed by atoms with van der Waals surface area (Å²) < 4.78 is 38.8. The van der Waals surface area contributed by atoms with Gasteiger partial charge in [0, 0.05) is 13.1 Å². The Morgan fingerprint density at radius 3 is 2.79 bits per heavy atom. The van der Waals surface area contributed by atoms with Crippen LogP contribution >= 0.6 is 11.3 Å². The van der Waals surface area contributed by atoms with Gasteiger partial charge in [-0.2, -0.15) is 4.31 Å². The number of benzene rings is 1. The molecule has 0 spiro atoms. The van der Waals surface area contributed by atoms with E-state index in [1.54, 1.807) is 24.3 Å². The lowest BCUT2D eigenvalue weighted by molar-refractivity contribution is 0.286. The van der Waals surface area contributed by atoms with Crippen LogP contribution in [0.25, 0.3) is 10.8 Å². The van der Waals surface area contributed by atoms with Gasteiger partial charge in [-0.3, -0.25) is 0 Å². The zero-order chi connectivity index (χ0) is 19.6. The molecule has 28 heavy (non-hydrogen) atoms. The van der Waals surface area contributed by atoms with Crippen molar-refractivity contribution in [1.29, 1.82) is 0 Å². The molecule has 1 atom stereocenters. The number of aromatic nitrogens is 2. The second-order valence-corrected chi connectivity index (χ2v) is 9.42. The number of hydrogen-bond donors (Lipinski definition) is 0. The summed E-state index contributed by atoms with van der Waals surface area (Å²) in [5, 5.41) is 10.2. The minimum absolute atomic E-state index is 0.104. The number of hydrogen-bond acceptors (Lipinski definition) is 7. The average molecular weight is 420 g/mol. The van der Waals surface area contributed by atoms with Gasteiger partial charge in [-0.25, -0.2) is 8.42 Å². The van der Waals surface area contributed by atoms with E-state index >= 15 is 0 Å². The molecule has 4 rings (SSSR count). The van der Waals surface area contributed by atoms with Crippen molar-refractivity contribution < 1.29 is 17.6 Å². The number of sulfonamides is 1. The highest BCUT2D eigenvalue weighted by atomic mass is 32.2. The minimum Gasteiger partial charge on any atom is -0.494 e. The highest BCUT2D eigenvalue weighted by Crippen LogP contribution is 2.32. The van der Waals surface area contributed by atoms with E-state index in [2.05, 4.69) is 10.2 Å². The summed E-state index contributed by atoms with van der Waals surface area (Å²) in [5.74, 6) is 1.53. The Morgan fingerprint density at radius 2 is 2.07 bits per heavy atom. The normalized spacial score (nSPS) is 18.2. The van der Waals surface area contributed by atoms with Crippen LogP contribution in [-0.2, 0) is 10.0 Å². The third kappa shape index (κ3) is 3.82. The molecule has 3 heterocycles. The van der Waals surface area contributed by atoms with Crippen LogP contribution in [0, 0.1) is 0 Å². The molecular weight excluding hydrogens is 398 g/mol. The first-order chi connectivity index (χ1) is 13.6. The molecule has 1 aliphatic rings. The van der Waals surface area contributed by atoms with E-state index in [-0.39, 0.29) is 10.8 Å². The molecule has 1 saturated heterocycles. The Hall–Kier alpha value is -2.23. The molecule has 1 aromatic carbocycles. The first-order valence-electron chi connectivity index (χ1n) is 9.18. The molecule has 0 saturated carbocycles. The Kier molecular flexibility index (Phi) is 5.47. The number of piperidine rings is 1. The third-order valence-electron chi connectivity index (χ3n) is 4.68. The molecule has 3 aromatic rings. The van der Waals surface area contributed by atoms with Crippen molar-refractivity contribution >= 4 is 21.4 Å². The van der Waals surface area contributed by atoms with Crippen molar-refractivity contribution in [3.8, 4) is 16.5 Å². The first-order valence-corrected chi connectivity index (χ1v) is 11.5. The summed E-state index contributed by atoms with van der Waals surface area (Å²) in [6.07, 6.45) is 1.57. The predicted molar refractivity (Wildman–Crippen MR) is 106 cm³/mol. The van der Waals surface area contributed by atoms with Crippen molar-refractivity contribution in [3.05, 3.63) is 47.7 Å². The molecule has 1 aliphatic heterocycles. The fraction of sp³-hybridized carbons (Fsp3) is 0.368. The molecule has 148 valence electrons. The van der Waals surface area contributed by atoms with Crippen molar-refractivity contribution in [2.24, 2.45) is 0 Å². The Labute approximate surface area is 168 Å². The zero-order valence-corrected chi connectivity index (χ0v) is 17.1. The zero-order valence-electron chi connectivity index (χ0n) is 15.4. The summed E-state index contributed by atoms with van der Waals surface area (Å²) in [6, 6.07) is 10.4. The van der Waals surface area contributed by atoms with E-state index in [0.717, 1.165) is 17.7 Å². The summed E-state index contributed by atoms with van der Waals surface area (Å²) in [6.45, 7) is 3.25. The summed E-state index contributed by atoms with van der Waals surface area (Å²) in [5.41, 5.74) is 0. The SMILES string of the molecule is CCOc1ccc(S(=O)(=O)N2CCC[C@H](c3nnc(-c4cccs4)o3)C2)cc1. The van der Waals surface area contributed by atoms with Crippen LogP contribution in [0.5, 0.6) is 5.75 Å². The molecule has 0 bridgehead atoms. The highest BCUT2D eigenvalue weighted by Gasteiger charge is 2.33. The molecule has 0 amide bonds. The molecule has 2 aromatic heterocycles. The van der Waals surface area contributed by atoms with Crippen LogP contribution < -0.4 is 4.74 Å². The maximum Gasteiger partial charge on any atom is 0.257 e. The van der Waals surface area contributed by atoms with E-state index in [1.165, 1.54) is 15.6 Å². The number of rotatable bonds is 6. The van der Waals surface area contributed by atoms with Gasteiger partial charge >= 0.3 is 0 Å². The van der Waals surface area contributed by atoms with E-state index in [4.69, 9.17) is 9.15 Å². The Morgan fingerprint density at radius 1 is 1.25 bits per heavy atom.